The molecular weight excluding hydrogens is 149 g/mol. The molecule has 9 heavy (non-hydrogen) atoms. The van der Waals surface area contributed by atoms with Gasteiger partial charge in [-0.25, -0.2) is 0 Å². The molecule has 5 heteroatoms. The number of aliphatic carboxylic acids is 1. The minimum absolute atomic E-state index is 0. The first-order chi connectivity index (χ1) is 3.68. The Bertz CT molecular complexity index is 90.6. The quantitative estimate of drug-likeness (QED) is 0.419. The molecule has 2 N–H and O–H groups in total. The van der Waals surface area contributed by atoms with E-state index in [2.05, 4.69) is 0 Å². The Hall–Kier alpha value is 0.780. The summed E-state index contributed by atoms with van der Waals surface area (Å²) in [5, 5.41) is 9.84. The summed E-state index contributed by atoms with van der Waals surface area (Å²) in [6.45, 7) is 0. The number of hydrogen-bond donors (Lipinski definition) is 1. The van der Waals surface area contributed by atoms with Gasteiger partial charge in [0.2, 0.25) is 0 Å². The smallest absolute Gasteiger partial charge is 0.548 e. The molecule has 0 spiro atoms. The number of carbonyl (C=O) groups is 1. The van der Waals surface area contributed by atoms with Crippen LogP contribution in [0.5, 0.6) is 0 Å². The van der Waals surface area contributed by atoms with Gasteiger partial charge < -0.3 is 15.6 Å². The standard InChI is InChI=1S/C4H9NO2S.Na/c1-8-2-3(5)4(6)7;/h3H,2,5H2,1H3,(H,6,7);/q;+1/p-1/t3-;/m0./s1. The van der Waals surface area contributed by atoms with Crippen LogP contribution in [0.25, 0.3) is 0 Å². The molecule has 0 radical (unpaired) electrons. The first-order valence-corrected chi connectivity index (χ1v) is 3.53. The molecular formula is C4H8NNaO2S. The van der Waals surface area contributed by atoms with Gasteiger partial charge >= 0.3 is 29.6 Å². The molecule has 0 aliphatic heterocycles. The van der Waals surface area contributed by atoms with Crippen LogP contribution in [0.1, 0.15) is 0 Å². The summed E-state index contributed by atoms with van der Waals surface area (Å²) in [4.78, 5) is 9.84. The van der Waals surface area contributed by atoms with Crippen LogP contribution in [0.2, 0.25) is 0 Å². The van der Waals surface area contributed by atoms with E-state index in [0.29, 0.717) is 5.75 Å². The van der Waals surface area contributed by atoms with Gasteiger partial charge in [-0.15, -0.1) is 0 Å². The SMILES string of the molecule is CSC[C@H](N)C(=O)[O-].[Na+]. The van der Waals surface area contributed by atoms with Crippen LogP contribution in [-0.4, -0.2) is 24.0 Å². The van der Waals surface area contributed by atoms with Crippen LogP contribution in [0, 0.1) is 0 Å². The number of hydrogen-bond acceptors (Lipinski definition) is 4. The van der Waals surface area contributed by atoms with Gasteiger partial charge in [-0.05, 0) is 6.26 Å². The summed E-state index contributed by atoms with van der Waals surface area (Å²) in [6, 6.07) is -0.815. The van der Waals surface area contributed by atoms with Crippen LogP contribution in [-0.2, 0) is 4.79 Å². The molecule has 0 fully saturated rings. The van der Waals surface area contributed by atoms with Crippen molar-refractivity contribution in [3.05, 3.63) is 0 Å². The van der Waals surface area contributed by atoms with Crippen molar-refractivity contribution >= 4 is 17.7 Å². The van der Waals surface area contributed by atoms with E-state index in [-0.39, 0.29) is 29.6 Å². The Morgan fingerprint density at radius 1 is 1.89 bits per heavy atom. The van der Waals surface area contributed by atoms with Crippen molar-refractivity contribution in [1.29, 1.82) is 0 Å². The van der Waals surface area contributed by atoms with Gasteiger partial charge in [0.1, 0.15) is 0 Å². The zero-order valence-electron chi connectivity index (χ0n) is 5.59. The zero-order chi connectivity index (χ0) is 6.57. The van der Waals surface area contributed by atoms with E-state index < -0.39 is 12.0 Å². The average Bonchev–Trinajstić information content (AvgIpc) is 1.67. The second-order valence-corrected chi connectivity index (χ2v) is 2.29. The average molecular weight is 157 g/mol. The van der Waals surface area contributed by atoms with Gasteiger partial charge in [0.05, 0.1) is 12.0 Å². The summed E-state index contributed by atoms with van der Waals surface area (Å²) in [5.74, 6) is -0.762. The maximum Gasteiger partial charge on any atom is 1.00 e. The van der Waals surface area contributed by atoms with E-state index >= 15 is 0 Å². The third-order valence-corrected chi connectivity index (χ3v) is 1.34. The summed E-state index contributed by atoms with van der Waals surface area (Å²) < 4.78 is 0. The molecule has 0 saturated carbocycles. The summed E-state index contributed by atoms with van der Waals surface area (Å²) in [5.41, 5.74) is 5.04. The van der Waals surface area contributed by atoms with E-state index in [9.17, 15) is 9.90 Å². The first kappa shape index (κ1) is 12.5. The fourth-order valence-electron chi connectivity index (χ4n) is 0.248. The molecule has 0 aromatic rings. The Kier molecular flexibility index (Phi) is 9.54. The number of carbonyl (C=O) groups excluding carboxylic acids is 1. The maximum absolute atomic E-state index is 9.84. The van der Waals surface area contributed by atoms with Crippen LogP contribution in [0.4, 0.5) is 0 Å². The Morgan fingerprint density at radius 2 is 2.33 bits per heavy atom. The van der Waals surface area contributed by atoms with E-state index in [4.69, 9.17) is 5.73 Å². The van der Waals surface area contributed by atoms with E-state index in [1.807, 2.05) is 0 Å². The van der Waals surface area contributed by atoms with Gasteiger partial charge in [-0.2, -0.15) is 11.8 Å². The fraction of sp³-hybridized carbons (Fsp3) is 0.750. The molecule has 0 rings (SSSR count). The number of carboxylic acids is 1. The third kappa shape index (κ3) is 6.67. The predicted molar refractivity (Wildman–Crippen MR) is 31.4 cm³/mol. The number of nitrogens with two attached hydrogens (primary N) is 1. The third-order valence-electron chi connectivity index (χ3n) is 0.649. The van der Waals surface area contributed by atoms with E-state index in [1.54, 1.807) is 6.26 Å². The minimum Gasteiger partial charge on any atom is -0.548 e. The fourth-order valence-corrected chi connectivity index (χ4v) is 0.743. The molecule has 48 valence electrons. The second kappa shape index (κ2) is 6.89. The molecule has 0 bridgehead atoms. The molecule has 3 nitrogen and oxygen atoms in total. The maximum atomic E-state index is 9.84. The van der Waals surface area contributed by atoms with Gasteiger partial charge in [0, 0.05) is 5.75 Å². The van der Waals surface area contributed by atoms with Crippen molar-refractivity contribution < 1.29 is 39.5 Å². The van der Waals surface area contributed by atoms with Gasteiger partial charge in [-0.1, -0.05) is 0 Å². The molecule has 0 amide bonds. The van der Waals surface area contributed by atoms with Crippen LogP contribution >= 0.6 is 11.8 Å². The predicted octanol–water partition coefficient (Wildman–Crippen LogP) is -4.57. The normalized spacial score (nSPS) is 11.8. The summed E-state index contributed by atoms with van der Waals surface area (Å²) >= 11 is 1.39. The van der Waals surface area contributed by atoms with Crippen molar-refractivity contribution in [1.82, 2.24) is 0 Å². The molecule has 0 heterocycles. The van der Waals surface area contributed by atoms with Crippen molar-refractivity contribution in [2.24, 2.45) is 5.73 Å². The largest absolute Gasteiger partial charge is 1.00 e. The number of rotatable bonds is 3. The molecule has 0 unspecified atom stereocenters. The summed E-state index contributed by atoms with van der Waals surface area (Å²) in [7, 11) is 0. The number of thioether (sulfide) groups is 1. The minimum atomic E-state index is -1.18. The van der Waals surface area contributed by atoms with Crippen molar-refractivity contribution in [3.63, 3.8) is 0 Å². The molecule has 1 atom stereocenters. The zero-order valence-corrected chi connectivity index (χ0v) is 8.40. The second-order valence-electron chi connectivity index (χ2n) is 1.38. The van der Waals surface area contributed by atoms with Gasteiger partial charge in [0.25, 0.3) is 0 Å². The summed E-state index contributed by atoms with van der Waals surface area (Å²) in [6.07, 6.45) is 1.79. The molecule has 0 aromatic carbocycles. The topological polar surface area (TPSA) is 66.2 Å². The van der Waals surface area contributed by atoms with Crippen molar-refractivity contribution in [3.8, 4) is 0 Å². The Morgan fingerprint density at radius 3 is 2.44 bits per heavy atom. The van der Waals surface area contributed by atoms with Gasteiger partial charge in [0.15, 0.2) is 0 Å². The van der Waals surface area contributed by atoms with Crippen LogP contribution < -0.4 is 40.4 Å². The molecule has 0 saturated heterocycles. The monoisotopic (exact) mass is 157 g/mol. The first-order valence-electron chi connectivity index (χ1n) is 2.14. The molecule has 0 aliphatic carbocycles. The molecule has 0 aromatic heterocycles. The van der Waals surface area contributed by atoms with E-state index in [1.165, 1.54) is 11.8 Å². The van der Waals surface area contributed by atoms with Crippen molar-refractivity contribution in [2.45, 2.75) is 6.04 Å². The van der Waals surface area contributed by atoms with Crippen LogP contribution in [0.3, 0.4) is 0 Å². The Labute approximate surface area is 80.7 Å². The van der Waals surface area contributed by atoms with Crippen molar-refractivity contribution in [2.75, 3.05) is 12.0 Å². The van der Waals surface area contributed by atoms with E-state index in [0.717, 1.165) is 0 Å². The van der Waals surface area contributed by atoms with Crippen LogP contribution in [0.15, 0.2) is 0 Å². The molecule has 0 aliphatic rings. The van der Waals surface area contributed by atoms with Gasteiger partial charge in [-0.3, -0.25) is 0 Å². The number of carboxylic acid groups (broad SMARTS) is 1. The Balaban J connectivity index is 0.